The van der Waals surface area contributed by atoms with Gasteiger partial charge in [-0.1, -0.05) is 26.0 Å². The predicted molar refractivity (Wildman–Crippen MR) is 51.7 cm³/mol. The Kier molecular flexibility index (Phi) is 3.13. The zero-order chi connectivity index (χ0) is 8.27. The molecule has 1 N–H and O–H groups in total. The first kappa shape index (κ1) is 8.79. The normalized spacial score (nSPS) is 21.5. The average molecular weight is 155 g/mol. The van der Waals surface area contributed by atoms with Crippen molar-refractivity contribution < 1.29 is 1.43 Å². The van der Waals surface area contributed by atoms with E-state index < -0.39 is 0 Å². The zero-order valence-corrected chi connectivity index (χ0v) is 7.80. The SMILES string of the molecule is CC(C)N[C@H](C)C1CC=CC1.[HH]. The molecule has 0 aliphatic heterocycles. The Morgan fingerprint density at radius 2 is 1.82 bits per heavy atom. The molecule has 0 saturated heterocycles. The van der Waals surface area contributed by atoms with Crippen LogP contribution in [0.3, 0.4) is 0 Å². The van der Waals surface area contributed by atoms with Crippen molar-refractivity contribution in [2.24, 2.45) is 5.92 Å². The Morgan fingerprint density at radius 1 is 1.27 bits per heavy atom. The molecule has 0 amide bonds. The summed E-state index contributed by atoms with van der Waals surface area (Å²) in [6.45, 7) is 6.70. The van der Waals surface area contributed by atoms with E-state index in [0.29, 0.717) is 12.1 Å². The highest BCUT2D eigenvalue weighted by atomic mass is 14.9. The fraction of sp³-hybridized carbons (Fsp3) is 0.800. The van der Waals surface area contributed by atoms with Gasteiger partial charge in [-0.25, -0.2) is 0 Å². The molecule has 1 aliphatic carbocycles. The van der Waals surface area contributed by atoms with Crippen LogP contribution in [0.5, 0.6) is 0 Å². The van der Waals surface area contributed by atoms with Crippen LogP contribution < -0.4 is 5.32 Å². The van der Waals surface area contributed by atoms with E-state index >= 15 is 0 Å². The summed E-state index contributed by atoms with van der Waals surface area (Å²) < 4.78 is 0. The first-order chi connectivity index (χ1) is 5.20. The fourth-order valence-corrected chi connectivity index (χ4v) is 1.71. The molecule has 0 unspecified atom stereocenters. The maximum Gasteiger partial charge on any atom is 0.00752 e. The van der Waals surface area contributed by atoms with Gasteiger partial charge in [0.2, 0.25) is 0 Å². The van der Waals surface area contributed by atoms with Gasteiger partial charge in [0.15, 0.2) is 0 Å². The van der Waals surface area contributed by atoms with Crippen molar-refractivity contribution in [1.29, 1.82) is 0 Å². The minimum absolute atomic E-state index is 0. The molecule has 0 aromatic carbocycles. The molecule has 0 aromatic rings. The summed E-state index contributed by atoms with van der Waals surface area (Å²) in [6, 6.07) is 1.29. The first-order valence-corrected chi connectivity index (χ1v) is 4.61. The smallest absolute Gasteiger partial charge is 0.00752 e. The zero-order valence-electron chi connectivity index (χ0n) is 7.80. The molecule has 0 radical (unpaired) electrons. The third kappa shape index (κ3) is 2.66. The Labute approximate surface area is 71.4 Å². The molecule has 1 heteroatoms. The van der Waals surface area contributed by atoms with E-state index in [2.05, 4.69) is 38.2 Å². The van der Waals surface area contributed by atoms with Crippen molar-refractivity contribution in [3.8, 4) is 0 Å². The summed E-state index contributed by atoms with van der Waals surface area (Å²) in [7, 11) is 0. The second-order valence-corrected chi connectivity index (χ2v) is 3.81. The highest BCUT2D eigenvalue weighted by molar-refractivity contribution is 4.97. The second kappa shape index (κ2) is 3.91. The van der Waals surface area contributed by atoms with Gasteiger partial charge < -0.3 is 5.32 Å². The summed E-state index contributed by atoms with van der Waals surface area (Å²) >= 11 is 0. The van der Waals surface area contributed by atoms with Gasteiger partial charge in [0, 0.05) is 13.5 Å². The van der Waals surface area contributed by atoms with Gasteiger partial charge in [0.05, 0.1) is 0 Å². The number of rotatable bonds is 3. The van der Waals surface area contributed by atoms with Gasteiger partial charge in [-0.2, -0.15) is 0 Å². The van der Waals surface area contributed by atoms with Crippen molar-refractivity contribution in [3.63, 3.8) is 0 Å². The first-order valence-electron chi connectivity index (χ1n) is 4.61. The van der Waals surface area contributed by atoms with Crippen molar-refractivity contribution in [2.45, 2.75) is 45.7 Å². The Bertz CT molecular complexity index is 135. The summed E-state index contributed by atoms with van der Waals surface area (Å²) in [5, 5.41) is 3.54. The summed E-state index contributed by atoms with van der Waals surface area (Å²) in [6.07, 6.45) is 7.12. The van der Waals surface area contributed by atoms with Gasteiger partial charge in [-0.05, 0) is 25.7 Å². The lowest BCUT2D eigenvalue weighted by Gasteiger charge is -2.22. The largest absolute Gasteiger partial charge is 0.312 e. The molecule has 1 rings (SSSR count). The Morgan fingerprint density at radius 3 is 2.27 bits per heavy atom. The van der Waals surface area contributed by atoms with E-state index in [9.17, 15) is 0 Å². The topological polar surface area (TPSA) is 12.0 Å². The highest BCUT2D eigenvalue weighted by Gasteiger charge is 2.17. The average Bonchev–Trinajstić information content (AvgIpc) is 2.35. The van der Waals surface area contributed by atoms with Crippen LogP contribution in [0.15, 0.2) is 12.2 Å². The summed E-state index contributed by atoms with van der Waals surface area (Å²) in [4.78, 5) is 0. The van der Waals surface area contributed by atoms with Crippen LogP contribution >= 0.6 is 0 Å². The Balaban J connectivity index is 0.00000121. The Hall–Kier alpha value is -0.300. The lowest BCUT2D eigenvalue weighted by Crippen LogP contribution is -2.37. The van der Waals surface area contributed by atoms with E-state index in [4.69, 9.17) is 0 Å². The number of hydrogen-bond donors (Lipinski definition) is 1. The molecule has 0 saturated carbocycles. The van der Waals surface area contributed by atoms with Gasteiger partial charge >= 0.3 is 0 Å². The van der Waals surface area contributed by atoms with Crippen LogP contribution in [-0.2, 0) is 0 Å². The maximum absolute atomic E-state index is 3.54. The van der Waals surface area contributed by atoms with E-state index in [1.165, 1.54) is 12.8 Å². The van der Waals surface area contributed by atoms with E-state index in [-0.39, 0.29) is 1.43 Å². The van der Waals surface area contributed by atoms with Gasteiger partial charge in [0.25, 0.3) is 0 Å². The molecule has 0 spiro atoms. The van der Waals surface area contributed by atoms with Crippen LogP contribution in [0.25, 0.3) is 0 Å². The van der Waals surface area contributed by atoms with Crippen molar-refractivity contribution in [2.75, 3.05) is 0 Å². The van der Waals surface area contributed by atoms with Gasteiger partial charge in [-0.15, -0.1) is 0 Å². The monoisotopic (exact) mass is 155 g/mol. The molecule has 0 aromatic heterocycles. The van der Waals surface area contributed by atoms with Crippen molar-refractivity contribution in [3.05, 3.63) is 12.2 Å². The highest BCUT2D eigenvalue weighted by Crippen LogP contribution is 2.21. The number of allylic oxidation sites excluding steroid dienone is 2. The van der Waals surface area contributed by atoms with Crippen molar-refractivity contribution >= 4 is 0 Å². The van der Waals surface area contributed by atoms with Crippen LogP contribution in [-0.4, -0.2) is 12.1 Å². The van der Waals surface area contributed by atoms with E-state index in [1.54, 1.807) is 0 Å². The lowest BCUT2D eigenvalue weighted by atomic mass is 9.98. The van der Waals surface area contributed by atoms with Gasteiger partial charge in [0.1, 0.15) is 0 Å². The fourth-order valence-electron chi connectivity index (χ4n) is 1.71. The van der Waals surface area contributed by atoms with Crippen LogP contribution in [0.4, 0.5) is 0 Å². The molecule has 0 heterocycles. The van der Waals surface area contributed by atoms with E-state index in [0.717, 1.165) is 5.92 Å². The molecule has 11 heavy (non-hydrogen) atoms. The second-order valence-electron chi connectivity index (χ2n) is 3.81. The molecular formula is C10H21N. The van der Waals surface area contributed by atoms with Crippen LogP contribution in [0, 0.1) is 5.92 Å². The molecule has 0 bridgehead atoms. The lowest BCUT2D eigenvalue weighted by molar-refractivity contribution is 0.366. The third-order valence-corrected chi connectivity index (χ3v) is 2.35. The number of hydrogen-bond acceptors (Lipinski definition) is 1. The molecule has 1 nitrogen and oxygen atoms in total. The van der Waals surface area contributed by atoms with Crippen LogP contribution in [0.2, 0.25) is 0 Å². The quantitative estimate of drug-likeness (QED) is 0.618. The van der Waals surface area contributed by atoms with E-state index in [1.807, 2.05) is 0 Å². The standard InChI is InChI=1S/C10H19N.H2/c1-8(2)11-9(3)10-6-4-5-7-10;/h4-5,8-11H,6-7H2,1-3H3;1H/t9-;/m1./s1. The molecular weight excluding hydrogens is 134 g/mol. The maximum atomic E-state index is 3.54. The predicted octanol–water partition coefficient (Wildman–Crippen LogP) is 2.59. The molecule has 66 valence electrons. The van der Waals surface area contributed by atoms with Crippen molar-refractivity contribution in [1.82, 2.24) is 5.32 Å². The summed E-state index contributed by atoms with van der Waals surface area (Å²) in [5.74, 6) is 0.845. The molecule has 1 atom stereocenters. The minimum atomic E-state index is 0. The van der Waals surface area contributed by atoms with Crippen LogP contribution in [0.1, 0.15) is 35.0 Å². The summed E-state index contributed by atoms with van der Waals surface area (Å²) in [5.41, 5.74) is 0. The molecule has 0 fully saturated rings. The third-order valence-electron chi connectivity index (χ3n) is 2.35. The minimum Gasteiger partial charge on any atom is -0.312 e. The number of nitrogens with one attached hydrogen (secondary N) is 1. The molecule has 1 aliphatic rings. The van der Waals surface area contributed by atoms with Gasteiger partial charge in [-0.3, -0.25) is 0 Å².